The van der Waals surface area contributed by atoms with Gasteiger partial charge < -0.3 is 9.47 Å². The van der Waals surface area contributed by atoms with E-state index in [4.69, 9.17) is 14.5 Å². The Morgan fingerprint density at radius 1 is 0.815 bits per heavy atom. The van der Waals surface area contributed by atoms with Gasteiger partial charge in [-0.1, -0.05) is 54.1 Å². The Kier molecular flexibility index (Phi) is 4.82. The summed E-state index contributed by atoms with van der Waals surface area (Å²) in [6.07, 6.45) is 0. The number of para-hydroxylation sites is 3. The Labute approximate surface area is 166 Å². The Hall–Kier alpha value is -2.85. The number of nitrogens with zero attached hydrogens (tertiary/aromatic N) is 1. The van der Waals surface area contributed by atoms with Crippen LogP contribution in [0.25, 0.3) is 22.2 Å². The zero-order valence-electron chi connectivity index (χ0n) is 15.1. The van der Waals surface area contributed by atoms with E-state index < -0.39 is 0 Å². The summed E-state index contributed by atoms with van der Waals surface area (Å²) in [5.41, 5.74) is 3.96. The van der Waals surface area contributed by atoms with Gasteiger partial charge in [0.2, 0.25) is 0 Å². The number of methoxy groups -OCH3 is 1. The van der Waals surface area contributed by atoms with Gasteiger partial charge >= 0.3 is 0 Å². The molecule has 0 amide bonds. The van der Waals surface area contributed by atoms with E-state index in [1.54, 1.807) is 7.11 Å². The molecule has 0 fully saturated rings. The summed E-state index contributed by atoms with van der Waals surface area (Å²) in [7, 11) is 1.64. The van der Waals surface area contributed by atoms with Crippen LogP contribution in [0, 0.1) is 6.92 Å². The summed E-state index contributed by atoms with van der Waals surface area (Å²) in [4.78, 5) is 4.86. The number of rotatable bonds is 4. The molecule has 0 aliphatic rings. The zero-order chi connectivity index (χ0) is 18.8. The van der Waals surface area contributed by atoms with Gasteiger partial charge in [0.15, 0.2) is 17.2 Å². The molecule has 0 atom stereocenters. The predicted octanol–water partition coefficient (Wildman–Crippen LogP) is 6.77. The zero-order valence-corrected chi connectivity index (χ0v) is 16.7. The van der Waals surface area contributed by atoms with Crippen molar-refractivity contribution >= 4 is 26.8 Å². The maximum atomic E-state index is 6.32. The highest BCUT2D eigenvalue weighted by molar-refractivity contribution is 9.10. The second-order valence-electron chi connectivity index (χ2n) is 6.24. The summed E-state index contributed by atoms with van der Waals surface area (Å²) < 4.78 is 12.6. The number of aryl methyl sites for hydroxylation is 1. The van der Waals surface area contributed by atoms with Crippen molar-refractivity contribution in [3.05, 3.63) is 82.8 Å². The summed E-state index contributed by atoms with van der Waals surface area (Å²) in [6, 6.07) is 23.9. The highest BCUT2D eigenvalue weighted by atomic mass is 79.9. The minimum atomic E-state index is 0.659. The van der Waals surface area contributed by atoms with Crippen molar-refractivity contribution in [2.75, 3.05) is 7.11 Å². The number of ether oxygens (including phenoxy) is 2. The molecule has 0 spiro atoms. The van der Waals surface area contributed by atoms with E-state index in [1.165, 1.54) is 5.56 Å². The molecule has 0 aliphatic heterocycles. The van der Waals surface area contributed by atoms with Crippen molar-refractivity contribution in [3.63, 3.8) is 0 Å². The second kappa shape index (κ2) is 7.41. The van der Waals surface area contributed by atoms with Gasteiger partial charge in [0, 0.05) is 10.9 Å². The quantitative estimate of drug-likeness (QED) is 0.365. The third kappa shape index (κ3) is 3.40. The molecule has 3 aromatic carbocycles. The minimum absolute atomic E-state index is 0.659. The van der Waals surface area contributed by atoms with E-state index in [-0.39, 0.29) is 0 Å². The normalized spacial score (nSPS) is 10.8. The number of benzene rings is 3. The van der Waals surface area contributed by atoms with Gasteiger partial charge in [-0.2, -0.15) is 0 Å². The molecule has 0 bridgehead atoms. The average Bonchev–Trinajstić information content (AvgIpc) is 2.71. The number of pyridine rings is 1. The lowest BCUT2D eigenvalue weighted by Crippen LogP contribution is -1.95. The maximum Gasteiger partial charge on any atom is 0.169 e. The predicted molar refractivity (Wildman–Crippen MR) is 113 cm³/mol. The molecule has 4 aromatic rings. The molecule has 1 aromatic heterocycles. The Morgan fingerprint density at radius 3 is 2.22 bits per heavy atom. The first-order valence-electron chi connectivity index (χ1n) is 8.63. The van der Waals surface area contributed by atoms with Crippen molar-refractivity contribution < 1.29 is 9.47 Å². The molecular weight excluding hydrogens is 402 g/mol. The monoisotopic (exact) mass is 419 g/mol. The smallest absolute Gasteiger partial charge is 0.169 e. The first kappa shape index (κ1) is 17.6. The highest BCUT2D eigenvalue weighted by Gasteiger charge is 2.17. The van der Waals surface area contributed by atoms with Gasteiger partial charge in [-0.15, -0.1) is 0 Å². The molecule has 0 saturated carbocycles. The van der Waals surface area contributed by atoms with Gasteiger partial charge in [-0.25, -0.2) is 4.98 Å². The van der Waals surface area contributed by atoms with E-state index in [0.717, 1.165) is 32.4 Å². The summed E-state index contributed by atoms with van der Waals surface area (Å²) in [5.74, 6) is 2.06. The molecule has 4 rings (SSSR count). The number of hydrogen-bond acceptors (Lipinski definition) is 3. The van der Waals surface area contributed by atoms with Crippen LogP contribution < -0.4 is 9.47 Å². The number of fused-ring (bicyclic) bond motifs is 1. The highest BCUT2D eigenvalue weighted by Crippen LogP contribution is 2.43. The van der Waals surface area contributed by atoms with Crippen molar-refractivity contribution in [1.82, 2.24) is 4.98 Å². The van der Waals surface area contributed by atoms with Gasteiger partial charge in [0.05, 0.1) is 22.8 Å². The summed E-state index contributed by atoms with van der Waals surface area (Å²) in [5, 5.41) is 0.936. The first-order valence-corrected chi connectivity index (χ1v) is 9.43. The maximum absolute atomic E-state index is 6.32. The summed E-state index contributed by atoms with van der Waals surface area (Å²) in [6.45, 7) is 2.07. The van der Waals surface area contributed by atoms with E-state index in [0.29, 0.717) is 11.5 Å². The van der Waals surface area contributed by atoms with Crippen molar-refractivity contribution in [3.8, 4) is 28.5 Å². The lowest BCUT2D eigenvalue weighted by molar-refractivity contribution is 0.379. The Balaban J connectivity index is 1.93. The van der Waals surface area contributed by atoms with Crippen molar-refractivity contribution in [2.45, 2.75) is 6.92 Å². The van der Waals surface area contributed by atoms with E-state index in [2.05, 4.69) is 47.1 Å². The molecule has 0 N–H and O–H groups in total. The molecule has 4 heteroatoms. The van der Waals surface area contributed by atoms with Gasteiger partial charge in [0.1, 0.15) is 0 Å². The lowest BCUT2D eigenvalue weighted by Gasteiger charge is -2.16. The molecule has 1 heterocycles. The lowest BCUT2D eigenvalue weighted by atomic mass is 10.1. The Morgan fingerprint density at radius 2 is 1.48 bits per heavy atom. The topological polar surface area (TPSA) is 31.4 Å². The molecule has 0 saturated heterocycles. The fourth-order valence-corrected chi connectivity index (χ4v) is 3.59. The molecule has 3 nitrogen and oxygen atoms in total. The summed E-state index contributed by atoms with van der Waals surface area (Å²) >= 11 is 3.73. The largest absolute Gasteiger partial charge is 0.493 e. The SMILES string of the molecule is COc1ccccc1Oc1c(Br)c(-c2ccc(C)cc2)nc2ccccc12. The van der Waals surface area contributed by atoms with Gasteiger partial charge in [-0.05, 0) is 47.1 Å². The minimum Gasteiger partial charge on any atom is -0.493 e. The number of aromatic nitrogens is 1. The molecule has 27 heavy (non-hydrogen) atoms. The second-order valence-corrected chi connectivity index (χ2v) is 7.03. The van der Waals surface area contributed by atoms with Crippen LogP contribution in [0.4, 0.5) is 0 Å². The average molecular weight is 420 g/mol. The van der Waals surface area contributed by atoms with E-state index in [1.807, 2.05) is 48.5 Å². The van der Waals surface area contributed by atoms with Gasteiger partial charge in [-0.3, -0.25) is 0 Å². The van der Waals surface area contributed by atoms with Crippen LogP contribution in [0.5, 0.6) is 17.2 Å². The fourth-order valence-electron chi connectivity index (χ4n) is 2.97. The van der Waals surface area contributed by atoms with E-state index >= 15 is 0 Å². The third-order valence-electron chi connectivity index (χ3n) is 4.39. The fraction of sp³-hybridized carbons (Fsp3) is 0.0870. The molecule has 134 valence electrons. The number of halogens is 1. The van der Waals surface area contributed by atoms with Crippen LogP contribution >= 0.6 is 15.9 Å². The first-order chi connectivity index (χ1) is 13.2. The van der Waals surface area contributed by atoms with Crippen LogP contribution in [0.1, 0.15) is 5.56 Å². The van der Waals surface area contributed by atoms with Crippen LogP contribution in [-0.2, 0) is 0 Å². The van der Waals surface area contributed by atoms with Crippen molar-refractivity contribution in [1.29, 1.82) is 0 Å². The molecule has 0 aliphatic carbocycles. The van der Waals surface area contributed by atoms with Crippen LogP contribution in [-0.4, -0.2) is 12.1 Å². The van der Waals surface area contributed by atoms with Crippen LogP contribution in [0.3, 0.4) is 0 Å². The molecule has 0 unspecified atom stereocenters. The van der Waals surface area contributed by atoms with Crippen LogP contribution in [0.2, 0.25) is 0 Å². The Bertz CT molecular complexity index is 1110. The third-order valence-corrected chi connectivity index (χ3v) is 5.13. The van der Waals surface area contributed by atoms with Crippen LogP contribution in [0.15, 0.2) is 77.3 Å². The number of hydrogen-bond donors (Lipinski definition) is 0. The van der Waals surface area contributed by atoms with Crippen molar-refractivity contribution in [2.24, 2.45) is 0 Å². The standard InChI is InChI=1S/C23H18BrNO2/c1-15-11-13-16(14-12-15)22-21(24)23(17-7-3-4-8-18(17)25-22)27-20-10-6-5-9-19(20)26-2/h3-14H,1-2H3. The van der Waals surface area contributed by atoms with E-state index in [9.17, 15) is 0 Å². The molecule has 0 radical (unpaired) electrons. The molecular formula is C23H18BrNO2. The van der Waals surface area contributed by atoms with Gasteiger partial charge in [0.25, 0.3) is 0 Å².